The third-order valence-electron chi connectivity index (χ3n) is 2.90. The molecule has 2 rings (SSSR count). The number of carbonyl (C=O) groups excluding carboxylic acids is 1. The second kappa shape index (κ2) is 5.79. The minimum Gasteiger partial charge on any atom is -0.385 e. The van der Waals surface area contributed by atoms with Crippen LogP contribution < -0.4 is 5.32 Å². The van der Waals surface area contributed by atoms with Gasteiger partial charge in [-0.15, -0.1) is 0 Å². The van der Waals surface area contributed by atoms with Gasteiger partial charge in [0.1, 0.15) is 11.6 Å². The number of halogens is 1. The summed E-state index contributed by atoms with van der Waals surface area (Å²) in [5.74, 6) is -0.613. The third-order valence-corrected chi connectivity index (χ3v) is 2.90. The Kier molecular flexibility index (Phi) is 4.10. The summed E-state index contributed by atoms with van der Waals surface area (Å²) in [5.41, 5.74) is -0.618. The monoisotopic (exact) mass is 274 g/mol. The average Bonchev–Trinajstić information content (AvgIpc) is 2.42. The van der Waals surface area contributed by atoms with Crippen LogP contribution in [0.5, 0.6) is 0 Å². The van der Waals surface area contributed by atoms with Crippen molar-refractivity contribution in [1.29, 1.82) is 0 Å². The Morgan fingerprint density at radius 3 is 2.60 bits per heavy atom. The lowest BCUT2D eigenvalue weighted by atomic mass is 9.92. The average molecular weight is 274 g/mol. The van der Waals surface area contributed by atoms with Crippen LogP contribution in [0, 0.1) is 5.82 Å². The highest BCUT2D eigenvalue weighted by molar-refractivity contribution is 5.90. The summed E-state index contributed by atoms with van der Waals surface area (Å²) < 4.78 is 12.7. The quantitative estimate of drug-likeness (QED) is 0.900. The molecule has 0 saturated carbocycles. The Bertz CT molecular complexity index is 583. The standard InChI is InChI=1S/C15H15FN2O2/c1-15(20,11-5-3-2-4-6-11)9-14(19)18-13-8-7-12(16)10-17-13/h2-8,10,20H,9H2,1H3,(H,17,18,19). The maximum absolute atomic E-state index is 12.7. The molecule has 20 heavy (non-hydrogen) atoms. The SMILES string of the molecule is CC(O)(CC(=O)Nc1ccc(F)cn1)c1ccccc1. The van der Waals surface area contributed by atoms with Gasteiger partial charge in [0.2, 0.25) is 5.91 Å². The second-order valence-electron chi connectivity index (χ2n) is 4.73. The molecular weight excluding hydrogens is 259 g/mol. The van der Waals surface area contributed by atoms with E-state index in [0.717, 1.165) is 6.20 Å². The van der Waals surface area contributed by atoms with E-state index in [1.165, 1.54) is 12.1 Å². The number of nitrogens with zero attached hydrogens (tertiary/aromatic N) is 1. The van der Waals surface area contributed by atoms with E-state index in [0.29, 0.717) is 5.56 Å². The van der Waals surface area contributed by atoms with Crippen molar-refractivity contribution in [2.75, 3.05) is 5.32 Å². The summed E-state index contributed by atoms with van der Waals surface area (Å²) in [7, 11) is 0. The van der Waals surface area contributed by atoms with Crippen LogP contribution in [0.1, 0.15) is 18.9 Å². The van der Waals surface area contributed by atoms with Gasteiger partial charge in [0.05, 0.1) is 18.2 Å². The van der Waals surface area contributed by atoms with Gasteiger partial charge in [-0.25, -0.2) is 9.37 Å². The number of hydrogen-bond donors (Lipinski definition) is 2. The fourth-order valence-electron chi connectivity index (χ4n) is 1.85. The van der Waals surface area contributed by atoms with E-state index in [4.69, 9.17) is 0 Å². The molecule has 0 bridgehead atoms. The summed E-state index contributed by atoms with van der Waals surface area (Å²) in [4.78, 5) is 15.6. The van der Waals surface area contributed by atoms with Crippen molar-refractivity contribution in [2.45, 2.75) is 18.9 Å². The van der Waals surface area contributed by atoms with Crippen LogP contribution in [0.25, 0.3) is 0 Å². The van der Waals surface area contributed by atoms with Gasteiger partial charge in [-0.1, -0.05) is 30.3 Å². The van der Waals surface area contributed by atoms with Gasteiger partial charge in [-0.3, -0.25) is 4.79 Å². The van der Waals surface area contributed by atoms with E-state index in [1.807, 2.05) is 6.07 Å². The number of aromatic nitrogens is 1. The van der Waals surface area contributed by atoms with E-state index in [-0.39, 0.29) is 12.2 Å². The number of anilines is 1. The molecule has 0 aliphatic rings. The Balaban J connectivity index is 2.02. The molecular formula is C15H15FN2O2. The van der Waals surface area contributed by atoms with Gasteiger partial charge in [0.15, 0.2) is 0 Å². The molecule has 0 fully saturated rings. The van der Waals surface area contributed by atoms with Crippen LogP contribution in [0.3, 0.4) is 0 Å². The highest BCUT2D eigenvalue weighted by atomic mass is 19.1. The van der Waals surface area contributed by atoms with Crippen molar-refractivity contribution < 1.29 is 14.3 Å². The van der Waals surface area contributed by atoms with Gasteiger partial charge in [-0.2, -0.15) is 0 Å². The van der Waals surface area contributed by atoms with Crippen molar-refractivity contribution in [3.8, 4) is 0 Å². The van der Waals surface area contributed by atoms with Crippen molar-refractivity contribution in [1.82, 2.24) is 4.98 Å². The minimum atomic E-state index is -1.27. The summed E-state index contributed by atoms with van der Waals surface area (Å²) in [5, 5.41) is 12.9. The Morgan fingerprint density at radius 2 is 2.00 bits per heavy atom. The van der Waals surface area contributed by atoms with Crippen LogP contribution in [0.4, 0.5) is 10.2 Å². The molecule has 1 aromatic carbocycles. The van der Waals surface area contributed by atoms with Crippen molar-refractivity contribution >= 4 is 11.7 Å². The molecule has 104 valence electrons. The van der Waals surface area contributed by atoms with Crippen molar-refractivity contribution in [3.05, 3.63) is 60.0 Å². The zero-order valence-corrected chi connectivity index (χ0v) is 11.0. The first-order chi connectivity index (χ1) is 9.47. The van der Waals surface area contributed by atoms with Gasteiger partial charge >= 0.3 is 0 Å². The predicted octanol–water partition coefficient (Wildman–Crippen LogP) is 2.46. The topological polar surface area (TPSA) is 62.2 Å². The summed E-state index contributed by atoms with van der Waals surface area (Å²) >= 11 is 0. The largest absolute Gasteiger partial charge is 0.385 e. The highest BCUT2D eigenvalue weighted by Crippen LogP contribution is 2.24. The number of benzene rings is 1. The first kappa shape index (κ1) is 14.1. The van der Waals surface area contributed by atoms with Crippen LogP contribution in [-0.2, 0) is 10.4 Å². The van der Waals surface area contributed by atoms with Crippen LogP contribution in [-0.4, -0.2) is 16.0 Å². The first-order valence-corrected chi connectivity index (χ1v) is 6.17. The number of nitrogens with one attached hydrogen (secondary N) is 1. The fourth-order valence-corrected chi connectivity index (χ4v) is 1.85. The van der Waals surface area contributed by atoms with Crippen LogP contribution >= 0.6 is 0 Å². The summed E-state index contributed by atoms with van der Waals surface area (Å²) in [6.07, 6.45) is 0.904. The lowest BCUT2D eigenvalue weighted by Gasteiger charge is -2.23. The highest BCUT2D eigenvalue weighted by Gasteiger charge is 2.26. The van der Waals surface area contributed by atoms with E-state index >= 15 is 0 Å². The van der Waals surface area contributed by atoms with Crippen LogP contribution in [0.15, 0.2) is 48.7 Å². The molecule has 1 amide bonds. The molecule has 0 aliphatic heterocycles. The van der Waals surface area contributed by atoms with E-state index in [2.05, 4.69) is 10.3 Å². The third kappa shape index (κ3) is 3.61. The smallest absolute Gasteiger partial charge is 0.228 e. The van der Waals surface area contributed by atoms with Gasteiger partial charge in [0.25, 0.3) is 0 Å². The molecule has 2 N–H and O–H groups in total. The van der Waals surface area contributed by atoms with Gasteiger partial charge < -0.3 is 10.4 Å². The van der Waals surface area contributed by atoms with Crippen molar-refractivity contribution in [3.63, 3.8) is 0 Å². The lowest BCUT2D eigenvalue weighted by molar-refractivity contribution is -0.120. The summed E-state index contributed by atoms with van der Waals surface area (Å²) in [6, 6.07) is 11.5. The molecule has 5 heteroatoms. The summed E-state index contributed by atoms with van der Waals surface area (Å²) in [6.45, 7) is 1.57. The molecule has 2 aromatic rings. The number of aliphatic hydroxyl groups is 1. The normalized spacial score (nSPS) is 13.6. The van der Waals surface area contributed by atoms with E-state index in [9.17, 15) is 14.3 Å². The number of rotatable bonds is 4. The molecule has 1 aromatic heterocycles. The number of pyridine rings is 1. The van der Waals surface area contributed by atoms with E-state index < -0.39 is 17.3 Å². The Morgan fingerprint density at radius 1 is 1.30 bits per heavy atom. The molecule has 1 heterocycles. The predicted molar refractivity (Wildman–Crippen MR) is 73.5 cm³/mol. The maximum Gasteiger partial charge on any atom is 0.228 e. The van der Waals surface area contributed by atoms with Gasteiger partial charge in [-0.05, 0) is 24.6 Å². The molecule has 4 nitrogen and oxygen atoms in total. The molecule has 1 unspecified atom stereocenters. The molecule has 0 saturated heterocycles. The fraction of sp³-hybridized carbons (Fsp3) is 0.200. The molecule has 1 atom stereocenters. The number of carbonyl (C=O) groups is 1. The zero-order chi connectivity index (χ0) is 14.6. The first-order valence-electron chi connectivity index (χ1n) is 6.17. The molecule has 0 aliphatic carbocycles. The molecule has 0 radical (unpaired) electrons. The Labute approximate surface area is 116 Å². The Hall–Kier alpha value is -2.27. The van der Waals surface area contributed by atoms with Crippen LogP contribution in [0.2, 0.25) is 0 Å². The number of hydrogen-bond acceptors (Lipinski definition) is 3. The van der Waals surface area contributed by atoms with E-state index in [1.54, 1.807) is 31.2 Å². The molecule has 0 spiro atoms. The second-order valence-corrected chi connectivity index (χ2v) is 4.73. The van der Waals surface area contributed by atoms with Crippen molar-refractivity contribution in [2.24, 2.45) is 0 Å². The number of amides is 1. The minimum absolute atomic E-state index is 0.115. The maximum atomic E-state index is 12.7. The van der Waals surface area contributed by atoms with Gasteiger partial charge in [0, 0.05) is 0 Å². The zero-order valence-electron chi connectivity index (χ0n) is 11.0. The lowest BCUT2D eigenvalue weighted by Crippen LogP contribution is -2.28.